The molecule has 0 radical (unpaired) electrons. The van der Waals surface area contributed by atoms with E-state index in [1.807, 2.05) is 18.2 Å². The predicted octanol–water partition coefficient (Wildman–Crippen LogP) is 4.05. The number of benzene rings is 2. The number of hydrogen-bond acceptors (Lipinski definition) is 2. The van der Waals surface area contributed by atoms with Crippen molar-refractivity contribution in [1.29, 1.82) is 0 Å². The first-order chi connectivity index (χ1) is 8.58. The number of nitrogens with one attached hydrogen (secondary N) is 1. The van der Waals surface area contributed by atoms with Crippen LogP contribution in [-0.4, -0.2) is 5.91 Å². The lowest BCUT2D eigenvalue weighted by Gasteiger charge is -2.08. The van der Waals surface area contributed by atoms with Crippen LogP contribution >= 0.6 is 31.9 Å². The summed E-state index contributed by atoms with van der Waals surface area (Å²) in [5, 5.41) is 2.81. The van der Waals surface area contributed by atoms with Crippen molar-refractivity contribution in [2.75, 3.05) is 11.1 Å². The highest BCUT2D eigenvalue weighted by Crippen LogP contribution is 2.31. The van der Waals surface area contributed by atoms with Crippen molar-refractivity contribution in [1.82, 2.24) is 0 Å². The average Bonchev–Trinajstić information content (AvgIpc) is 2.37. The molecule has 0 fully saturated rings. The first-order valence-electron chi connectivity index (χ1n) is 5.19. The fourth-order valence-corrected chi connectivity index (χ4v) is 2.64. The highest BCUT2D eigenvalue weighted by Gasteiger charge is 2.08. The normalized spacial score (nSPS) is 10.1. The molecule has 0 atom stereocenters. The van der Waals surface area contributed by atoms with Crippen molar-refractivity contribution in [3.8, 4) is 0 Å². The van der Waals surface area contributed by atoms with E-state index in [-0.39, 0.29) is 5.91 Å². The lowest BCUT2D eigenvalue weighted by molar-refractivity contribution is 0.102. The summed E-state index contributed by atoms with van der Waals surface area (Å²) in [5.41, 5.74) is 7.68. The van der Waals surface area contributed by atoms with Crippen molar-refractivity contribution >= 4 is 49.1 Å². The number of carbonyl (C=O) groups is 1. The molecule has 0 bridgehead atoms. The summed E-state index contributed by atoms with van der Waals surface area (Å²) in [6.07, 6.45) is 0. The summed E-state index contributed by atoms with van der Waals surface area (Å²) in [5.74, 6) is -0.154. The third kappa shape index (κ3) is 2.91. The fourth-order valence-electron chi connectivity index (χ4n) is 1.45. The third-order valence-corrected chi connectivity index (χ3v) is 3.69. The van der Waals surface area contributed by atoms with Gasteiger partial charge in [-0.25, -0.2) is 0 Å². The van der Waals surface area contributed by atoms with Crippen LogP contribution in [0.3, 0.4) is 0 Å². The Bertz CT molecular complexity index is 562. The molecule has 18 heavy (non-hydrogen) atoms. The molecule has 0 aliphatic rings. The fraction of sp³-hybridized carbons (Fsp3) is 0. The van der Waals surface area contributed by atoms with Gasteiger partial charge in [-0.15, -0.1) is 0 Å². The average molecular weight is 370 g/mol. The number of nitrogen functional groups attached to an aromatic ring is 1. The van der Waals surface area contributed by atoms with Gasteiger partial charge in [-0.2, -0.15) is 0 Å². The molecule has 0 saturated carbocycles. The molecule has 3 nitrogen and oxygen atoms in total. The molecular weight excluding hydrogens is 360 g/mol. The molecule has 0 unspecified atom stereocenters. The van der Waals surface area contributed by atoms with E-state index in [1.54, 1.807) is 24.3 Å². The van der Waals surface area contributed by atoms with Crippen LogP contribution in [0.1, 0.15) is 10.4 Å². The van der Waals surface area contributed by atoms with Crippen molar-refractivity contribution in [3.05, 3.63) is 57.0 Å². The molecule has 0 heterocycles. The van der Waals surface area contributed by atoms with E-state index in [2.05, 4.69) is 37.2 Å². The lowest BCUT2D eigenvalue weighted by Crippen LogP contribution is -2.11. The topological polar surface area (TPSA) is 55.1 Å². The Balaban J connectivity index is 2.23. The molecule has 92 valence electrons. The number of halogens is 2. The van der Waals surface area contributed by atoms with Crippen LogP contribution in [0.2, 0.25) is 0 Å². The number of nitrogens with two attached hydrogens (primary N) is 1. The molecule has 5 heteroatoms. The Labute approximate surface area is 122 Å². The van der Waals surface area contributed by atoms with Crippen LogP contribution in [0.25, 0.3) is 0 Å². The standard InChI is InChI=1S/C13H10Br2N2O/c14-10-6-9(7-11(15)12(10)16)17-13(18)8-4-2-1-3-5-8/h1-7H,16H2,(H,17,18). The first-order valence-corrected chi connectivity index (χ1v) is 6.77. The summed E-state index contributed by atoms with van der Waals surface area (Å²) in [7, 11) is 0. The van der Waals surface area contributed by atoms with E-state index in [0.29, 0.717) is 16.9 Å². The zero-order chi connectivity index (χ0) is 13.1. The van der Waals surface area contributed by atoms with E-state index in [1.165, 1.54) is 0 Å². The van der Waals surface area contributed by atoms with Crippen LogP contribution in [0.4, 0.5) is 11.4 Å². The van der Waals surface area contributed by atoms with Crippen molar-refractivity contribution < 1.29 is 4.79 Å². The van der Waals surface area contributed by atoms with Crippen LogP contribution in [0, 0.1) is 0 Å². The minimum atomic E-state index is -0.154. The van der Waals surface area contributed by atoms with Gasteiger partial charge in [0.05, 0.1) is 5.69 Å². The lowest BCUT2D eigenvalue weighted by atomic mass is 10.2. The van der Waals surface area contributed by atoms with Crippen molar-refractivity contribution in [3.63, 3.8) is 0 Å². The minimum Gasteiger partial charge on any atom is -0.397 e. The van der Waals surface area contributed by atoms with E-state index >= 15 is 0 Å². The maximum absolute atomic E-state index is 11.9. The van der Waals surface area contributed by atoms with Gasteiger partial charge in [0.1, 0.15) is 0 Å². The van der Waals surface area contributed by atoms with Gasteiger partial charge in [0.15, 0.2) is 0 Å². The molecule has 1 amide bonds. The van der Waals surface area contributed by atoms with Gasteiger partial charge in [0, 0.05) is 20.2 Å². The van der Waals surface area contributed by atoms with Crippen LogP contribution < -0.4 is 11.1 Å². The Morgan fingerprint density at radius 2 is 1.61 bits per heavy atom. The van der Waals surface area contributed by atoms with E-state index in [4.69, 9.17) is 5.73 Å². The summed E-state index contributed by atoms with van der Waals surface area (Å²) >= 11 is 6.67. The van der Waals surface area contributed by atoms with E-state index in [0.717, 1.165) is 8.95 Å². The Morgan fingerprint density at radius 3 is 2.17 bits per heavy atom. The predicted molar refractivity (Wildman–Crippen MR) is 80.6 cm³/mol. The molecule has 2 aromatic carbocycles. The van der Waals surface area contributed by atoms with Gasteiger partial charge in [0.25, 0.3) is 5.91 Å². The van der Waals surface area contributed by atoms with E-state index < -0.39 is 0 Å². The van der Waals surface area contributed by atoms with Crippen LogP contribution in [0.15, 0.2) is 51.4 Å². The van der Waals surface area contributed by atoms with Gasteiger partial charge in [0.2, 0.25) is 0 Å². The van der Waals surface area contributed by atoms with Crippen molar-refractivity contribution in [2.24, 2.45) is 0 Å². The smallest absolute Gasteiger partial charge is 0.255 e. The monoisotopic (exact) mass is 368 g/mol. The molecule has 0 aromatic heterocycles. The maximum Gasteiger partial charge on any atom is 0.255 e. The maximum atomic E-state index is 11.9. The molecule has 0 spiro atoms. The summed E-state index contributed by atoms with van der Waals surface area (Å²) in [4.78, 5) is 11.9. The first kappa shape index (κ1) is 13.1. The largest absolute Gasteiger partial charge is 0.397 e. The van der Waals surface area contributed by atoms with Crippen LogP contribution in [0.5, 0.6) is 0 Å². The molecule has 2 aromatic rings. The molecule has 0 saturated heterocycles. The number of amides is 1. The number of rotatable bonds is 2. The molecular formula is C13H10Br2N2O. The number of carbonyl (C=O) groups excluding carboxylic acids is 1. The molecule has 0 aliphatic carbocycles. The summed E-state index contributed by atoms with van der Waals surface area (Å²) in [6.45, 7) is 0. The highest BCUT2D eigenvalue weighted by atomic mass is 79.9. The number of anilines is 2. The number of hydrogen-bond donors (Lipinski definition) is 2. The molecule has 0 aliphatic heterocycles. The molecule has 3 N–H and O–H groups in total. The Morgan fingerprint density at radius 1 is 1.06 bits per heavy atom. The Hall–Kier alpha value is -1.33. The highest BCUT2D eigenvalue weighted by molar-refractivity contribution is 9.11. The third-order valence-electron chi connectivity index (χ3n) is 2.37. The quantitative estimate of drug-likeness (QED) is 0.784. The molecule has 2 rings (SSSR count). The van der Waals surface area contributed by atoms with Gasteiger partial charge in [-0.1, -0.05) is 18.2 Å². The Kier molecular flexibility index (Phi) is 4.04. The second kappa shape index (κ2) is 5.54. The van der Waals surface area contributed by atoms with Gasteiger partial charge >= 0.3 is 0 Å². The SMILES string of the molecule is Nc1c(Br)cc(NC(=O)c2ccccc2)cc1Br. The summed E-state index contributed by atoms with van der Waals surface area (Å²) < 4.78 is 1.47. The second-order valence-electron chi connectivity index (χ2n) is 3.67. The summed E-state index contributed by atoms with van der Waals surface area (Å²) in [6, 6.07) is 12.6. The zero-order valence-corrected chi connectivity index (χ0v) is 12.5. The van der Waals surface area contributed by atoms with Gasteiger partial charge in [-0.3, -0.25) is 4.79 Å². The van der Waals surface area contributed by atoms with Gasteiger partial charge in [-0.05, 0) is 56.1 Å². The zero-order valence-electron chi connectivity index (χ0n) is 9.28. The van der Waals surface area contributed by atoms with Gasteiger partial charge < -0.3 is 11.1 Å². The second-order valence-corrected chi connectivity index (χ2v) is 5.38. The van der Waals surface area contributed by atoms with Crippen molar-refractivity contribution in [2.45, 2.75) is 0 Å². The van der Waals surface area contributed by atoms with E-state index in [9.17, 15) is 4.79 Å². The van der Waals surface area contributed by atoms with Crippen LogP contribution in [-0.2, 0) is 0 Å². The minimum absolute atomic E-state index is 0.154.